The molecule has 0 atom stereocenters. The van der Waals surface area contributed by atoms with E-state index in [0.717, 1.165) is 0 Å². The van der Waals surface area contributed by atoms with Crippen LogP contribution >= 0.6 is 0 Å². The molecule has 1 aliphatic rings. The minimum Gasteiger partial charge on any atom is -0.416 e. The highest BCUT2D eigenvalue weighted by molar-refractivity contribution is 6.74. The zero-order valence-electron chi connectivity index (χ0n) is 22.4. The summed E-state index contributed by atoms with van der Waals surface area (Å²) >= 11 is 0. The summed E-state index contributed by atoms with van der Waals surface area (Å²) in [6.45, 7) is 23.4. The highest BCUT2D eigenvalue weighted by Gasteiger charge is 2.50. The van der Waals surface area contributed by atoms with Crippen LogP contribution in [0.5, 0.6) is 0 Å². The zero-order chi connectivity index (χ0) is 26.3. The summed E-state index contributed by atoms with van der Waals surface area (Å²) in [6.07, 6.45) is 1.39. The molecule has 0 unspecified atom stereocenters. The Morgan fingerprint density at radius 1 is 1.09 bits per heavy atom. The Balaban J connectivity index is 2.22. The number of hydrogen-bond acceptors (Lipinski definition) is 8. The lowest BCUT2D eigenvalue weighted by atomic mass is 9.66. The third kappa shape index (κ3) is 6.26. The van der Waals surface area contributed by atoms with Crippen molar-refractivity contribution in [1.29, 1.82) is 0 Å². The highest BCUT2D eigenvalue weighted by atomic mass is 28.4. The first kappa shape index (κ1) is 28.5. The van der Waals surface area contributed by atoms with Gasteiger partial charge in [0.25, 0.3) is 0 Å². The molecule has 1 heterocycles. The monoisotopic (exact) mass is 513 g/mol. The van der Waals surface area contributed by atoms with E-state index < -0.39 is 32.8 Å². The number of nitrogens with one attached hydrogen (secondary N) is 2. The number of nitrogens with zero attached hydrogens (tertiary/aromatic N) is 2. The molecule has 2 rings (SSSR count). The van der Waals surface area contributed by atoms with E-state index >= 15 is 0 Å². The zero-order valence-corrected chi connectivity index (χ0v) is 24.4. The molecule has 12 heteroatoms. The van der Waals surface area contributed by atoms with Crippen molar-refractivity contribution < 1.29 is 13.8 Å². The van der Waals surface area contributed by atoms with Crippen LogP contribution in [0.4, 0.5) is 17.5 Å². The van der Waals surface area contributed by atoms with Crippen LogP contribution in [0.2, 0.25) is 36.3 Å². The maximum Gasteiger partial charge on any atom is 0.375 e. The van der Waals surface area contributed by atoms with E-state index in [1.807, 2.05) is 0 Å². The second kappa shape index (κ2) is 9.36. The van der Waals surface area contributed by atoms with Crippen molar-refractivity contribution in [2.45, 2.75) is 96.7 Å². The third-order valence-corrected chi connectivity index (χ3v) is 16.8. The molecule has 0 spiro atoms. The predicted molar refractivity (Wildman–Crippen MR) is 141 cm³/mol. The predicted octanol–water partition coefficient (Wildman–Crippen LogP) is 4.86. The summed E-state index contributed by atoms with van der Waals surface area (Å²) in [4.78, 5) is 28.9. The van der Waals surface area contributed by atoms with E-state index in [0.29, 0.717) is 26.1 Å². The van der Waals surface area contributed by atoms with Crippen LogP contribution in [0.1, 0.15) is 54.4 Å². The molecule has 194 valence electrons. The standard InChI is InChI=1S/C22H43N5O5Si2/c1-20(2,3)33(7,8)31-13-22(14-32-34(9,10)21(4,5)6)11-15(12-22)24-17-16(27(29)30)18(28)26-19(23)25-17/h15H,11-14H2,1-10H3,(H4,23,24,25,26,28). The summed E-state index contributed by atoms with van der Waals surface area (Å²) in [6, 6.07) is -0.0987. The fourth-order valence-electron chi connectivity index (χ4n) is 3.41. The minimum absolute atomic E-state index is 0.0863. The number of hydrogen-bond donors (Lipinski definition) is 3. The Hall–Kier alpha value is -1.77. The minimum atomic E-state index is -1.97. The van der Waals surface area contributed by atoms with E-state index in [-0.39, 0.29) is 33.3 Å². The summed E-state index contributed by atoms with van der Waals surface area (Å²) in [5, 5.41) is 14.7. The molecule has 1 aromatic rings. The number of nitro groups is 1. The van der Waals surface area contributed by atoms with Gasteiger partial charge in [-0.1, -0.05) is 41.5 Å². The van der Waals surface area contributed by atoms with Crippen molar-refractivity contribution in [3.8, 4) is 0 Å². The molecule has 0 amide bonds. The highest BCUT2D eigenvalue weighted by Crippen LogP contribution is 2.47. The van der Waals surface area contributed by atoms with Gasteiger partial charge in [-0.3, -0.25) is 19.9 Å². The number of aromatic amines is 1. The second-order valence-electron chi connectivity index (χ2n) is 12.8. The van der Waals surface area contributed by atoms with Gasteiger partial charge in [0, 0.05) is 24.7 Å². The van der Waals surface area contributed by atoms with Gasteiger partial charge in [-0.15, -0.1) is 0 Å². The van der Waals surface area contributed by atoms with Crippen molar-refractivity contribution in [1.82, 2.24) is 9.97 Å². The fourth-order valence-corrected chi connectivity index (χ4v) is 5.61. The maximum atomic E-state index is 12.0. The van der Waals surface area contributed by atoms with Gasteiger partial charge in [-0.2, -0.15) is 4.98 Å². The van der Waals surface area contributed by atoms with Crippen LogP contribution in [0, 0.1) is 15.5 Å². The van der Waals surface area contributed by atoms with E-state index in [4.69, 9.17) is 14.6 Å². The summed E-state index contributed by atoms with van der Waals surface area (Å²) < 4.78 is 13.2. The van der Waals surface area contributed by atoms with Gasteiger partial charge in [-0.25, -0.2) is 0 Å². The number of rotatable bonds is 9. The number of aromatic nitrogens is 2. The Morgan fingerprint density at radius 3 is 1.91 bits per heavy atom. The van der Waals surface area contributed by atoms with Crippen LogP contribution in [0.15, 0.2) is 4.79 Å². The molecule has 0 bridgehead atoms. The number of anilines is 2. The summed E-state index contributed by atoms with van der Waals surface area (Å²) in [7, 11) is -3.94. The molecule has 1 saturated carbocycles. The van der Waals surface area contributed by atoms with Crippen LogP contribution in [-0.4, -0.2) is 50.8 Å². The number of H-pyrrole nitrogens is 1. The molecule has 0 aromatic carbocycles. The van der Waals surface area contributed by atoms with Crippen LogP contribution in [-0.2, 0) is 8.85 Å². The van der Waals surface area contributed by atoms with Crippen molar-refractivity contribution in [2.75, 3.05) is 24.3 Å². The lowest BCUT2D eigenvalue weighted by molar-refractivity contribution is -0.385. The van der Waals surface area contributed by atoms with Gasteiger partial charge in [-0.05, 0) is 49.1 Å². The smallest absolute Gasteiger partial charge is 0.375 e. The Morgan fingerprint density at radius 2 is 1.53 bits per heavy atom. The second-order valence-corrected chi connectivity index (χ2v) is 22.4. The largest absolute Gasteiger partial charge is 0.416 e. The molecule has 1 fully saturated rings. The molecule has 0 saturated heterocycles. The molecule has 1 aliphatic carbocycles. The van der Waals surface area contributed by atoms with E-state index in [9.17, 15) is 14.9 Å². The lowest BCUT2D eigenvalue weighted by Crippen LogP contribution is -2.55. The number of nitrogens with two attached hydrogens (primary N) is 1. The maximum absolute atomic E-state index is 12.0. The topological polar surface area (TPSA) is 145 Å². The van der Waals surface area contributed by atoms with Gasteiger partial charge in [0.1, 0.15) is 0 Å². The van der Waals surface area contributed by atoms with Crippen LogP contribution < -0.4 is 16.6 Å². The summed E-state index contributed by atoms with van der Waals surface area (Å²) in [5.74, 6) is -0.258. The van der Waals surface area contributed by atoms with Crippen molar-refractivity contribution in [2.24, 2.45) is 5.41 Å². The van der Waals surface area contributed by atoms with Crippen LogP contribution in [0.3, 0.4) is 0 Å². The molecule has 10 nitrogen and oxygen atoms in total. The third-order valence-electron chi connectivity index (χ3n) is 7.89. The summed E-state index contributed by atoms with van der Waals surface area (Å²) in [5.41, 5.74) is 3.93. The normalized spacial score (nSPS) is 17.4. The first-order chi connectivity index (χ1) is 15.2. The van der Waals surface area contributed by atoms with E-state index in [2.05, 4.69) is 83.0 Å². The van der Waals surface area contributed by atoms with Gasteiger partial charge < -0.3 is 19.9 Å². The molecule has 4 N–H and O–H groups in total. The number of nitrogen functional groups attached to an aromatic ring is 1. The molecule has 0 aliphatic heterocycles. The van der Waals surface area contributed by atoms with E-state index in [1.54, 1.807) is 0 Å². The van der Waals surface area contributed by atoms with Crippen molar-refractivity contribution in [3.63, 3.8) is 0 Å². The molecular weight excluding hydrogens is 470 g/mol. The molecular formula is C22H43N5O5Si2. The quantitative estimate of drug-likeness (QED) is 0.241. The first-order valence-corrected chi connectivity index (χ1v) is 17.6. The SMILES string of the molecule is CC(C)(C)[Si](C)(C)OCC1(CO[Si](C)(C)C(C)(C)C)CC(Nc2nc(N)[nH]c(=O)c2[N+](=O)[O-])C1. The molecule has 34 heavy (non-hydrogen) atoms. The first-order valence-electron chi connectivity index (χ1n) is 11.8. The molecule has 1 aromatic heterocycles. The Labute approximate surface area is 204 Å². The van der Waals surface area contributed by atoms with Crippen LogP contribution in [0.25, 0.3) is 0 Å². The van der Waals surface area contributed by atoms with Gasteiger partial charge in [0.15, 0.2) is 16.6 Å². The lowest BCUT2D eigenvalue weighted by Gasteiger charge is -2.51. The molecule has 0 radical (unpaired) electrons. The van der Waals surface area contributed by atoms with Gasteiger partial charge in [0.2, 0.25) is 11.8 Å². The Bertz CT molecular complexity index is 928. The van der Waals surface area contributed by atoms with E-state index in [1.165, 1.54) is 0 Å². The Kier molecular flexibility index (Phi) is 7.84. The fraction of sp³-hybridized carbons (Fsp3) is 0.818. The van der Waals surface area contributed by atoms with Crippen molar-refractivity contribution in [3.05, 3.63) is 20.5 Å². The van der Waals surface area contributed by atoms with Crippen molar-refractivity contribution >= 4 is 34.1 Å². The van der Waals surface area contributed by atoms with Gasteiger partial charge >= 0.3 is 11.2 Å². The average molecular weight is 514 g/mol. The average Bonchev–Trinajstić information content (AvgIpc) is 2.59. The van der Waals surface area contributed by atoms with Gasteiger partial charge in [0.05, 0.1) is 4.92 Å².